The number of amides is 1. The number of aromatic nitrogens is 2. The quantitative estimate of drug-likeness (QED) is 0.375. The highest BCUT2D eigenvalue weighted by Crippen LogP contribution is 2.46. The second kappa shape index (κ2) is 8.38. The summed E-state index contributed by atoms with van der Waals surface area (Å²) in [4.78, 5) is 48.6. The Balaban J connectivity index is 1.47. The van der Waals surface area contributed by atoms with Crippen LogP contribution in [0, 0.1) is 0 Å². The zero-order chi connectivity index (χ0) is 26.8. The predicted octanol–water partition coefficient (Wildman–Crippen LogP) is 4.79. The molecule has 11 heteroatoms. The predicted molar refractivity (Wildman–Crippen MR) is 127 cm³/mol. The van der Waals surface area contributed by atoms with E-state index < -0.39 is 41.7 Å². The Labute approximate surface area is 212 Å². The van der Waals surface area contributed by atoms with Gasteiger partial charge in [0.05, 0.1) is 17.0 Å². The molecule has 1 aliphatic carbocycles. The lowest BCUT2D eigenvalue weighted by Gasteiger charge is -2.22. The molecule has 0 saturated heterocycles. The maximum Gasteiger partial charge on any atom is 0.573 e. The van der Waals surface area contributed by atoms with Crippen LogP contribution < -0.4 is 9.64 Å². The monoisotopic (exact) mass is 519 g/mol. The third-order valence-corrected chi connectivity index (χ3v) is 6.54. The third kappa shape index (κ3) is 3.58. The van der Waals surface area contributed by atoms with E-state index in [0.29, 0.717) is 5.69 Å². The minimum Gasteiger partial charge on any atom is -0.406 e. The van der Waals surface area contributed by atoms with Gasteiger partial charge < -0.3 is 14.8 Å². The standard InChI is InChI=1S/C27H16F3N3O5/c28-27(29,30)38-14-10-8-13(9-11-14)33-25(36)18-19(26(33)37)22(32-21(18)17-7-3-4-12-31-17)20-23(34)15-5-1-2-6-16(15)24(20)35/h1-12,20,25,32,36H. The summed E-state index contributed by atoms with van der Waals surface area (Å²) >= 11 is 0. The molecular formula is C27H16F3N3O5. The number of benzene rings is 2. The number of nitrogens with zero attached hydrogens (tertiary/aromatic N) is 2. The Morgan fingerprint density at radius 2 is 1.53 bits per heavy atom. The van der Waals surface area contributed by atoms with Crippen molar-refractivity contribution in [2.24, 2.45) is 0 Å². The lowest BCUT2D eigenvalue weighted by atomic mass is 9.95. The summed E-state index contributed by atoms with van der Waals surface area (Å²) in [6, 6.07) is 15.7. The Kier molecular flexibility index (Phi) is 5.21. The van der Waals surface area contributed by atoms with Crippen LogP contribution in [0.4, 0.5) is 18.9 Å². The van der Waals surface area contributed by atoms with Crippen molar-refractivity contribution >= 4 is 23.2 Å². The van der Waals surface area contributed by atoms with Crippen LogP contribution in [0.5, 0.6) is 5.75 Å². The lowest BCUT2D eigenvalue weighted by Crippen LogP contribution is -2.29. The molecule has 0 radical (unpaired) electrons. The van der Waals surface area contributed by atoms with E-state index in [1.807, 2.05) is 0 Å². The van der Waals surface area contributed by atoms with Crippen molar-refractivity contribution in [3.8, 4) is 17.1 Å². The summed E-state index contributed by atoms with van der Waals surface area (Å²) in [6.07, 6.45) is -4.97. The second-order valence-corrected chi connectivity index (χ2v) is 8.71. The van der Waals surface area contributed by atoms with Crippen molar-refractivity contribution in [3.63, 3.8) is 0 Å². The first-order chi connectivity index (χ1) is 18.2. The van der Waals surface area contributed by atoms with Crippen LogP contribution in [0.25, 0.3) is 11.4 Å². The Hall–Kier alpha value is -4.77. The molecule has 2 aromatic heterocycles. The molecule has 1 aliphatic heterocycles. The zero-order valence-corrected chi connectivity index (χ0v) is 19.2. The lowest BCUT2D eigenvalue weighted by molar-refractivity contribution is -0.274. The molecule has 0 saturated carbocycles. The van der Waals surface area contributed by atoms with E-state index >= 15 is 0 Å². The van der Waals surface area contributed by atoms with Crippen LogP contribution in [-0.4, -0.2) is 38.9 Å². The SMILES string of the molecule is O=C1c2ccccc2C(=O)C1c1[nH]c(-c2ccccn2)c2c1C(=O)N(c1ccc(OC(F)(F)F)cc1)C2O. The van der Waals surface area contributed by atoms with Crippen molar-refractivity contribution in [2.45, 2.75) is 18.5 Å². The van der Waals surface area contributed by atoms with E-state index in [2.05, 4.69) is 14.7 Å². The molecule has 190 valence electrons. The normalized spacial score (nSPS) is 17.2. The van der Waals surface area contributed by atoms with Crippen LogP contribution in [0.2, 0.25) is 0 Å². The molecule has 8 nitrogen and oxygen atoms in total. The molecule has 2 N–H and O–H groups in total. The number of carbonyl (C=O) groups excluding carboxylic acids is 3. The summed E-state index contributed by atoms with van der Waals surface area (Å²) in [5.41, 5.74) is 1.21. The van der Waals surface area contributed by atoms with Gasteiger partial charge in [-0.15, -0.1) is 13.2 Å². The minimum atomic E-state index is -4.90. The van der Waals surface area contributed by atoms with Crippen LogP contribution in [-0.2, 0) is 0 Å². The third-order valence-electron chi connectivity index (χ3n) is 6.54. The highest BCUT2D eigenvalue weighted by atomic mass is 19.4. The van der Waals surface area contributed by atoms with Crippen LogP contribution in [0.3, 0.4) is 0 Å². The smallest absolute Gasteiger partial charge is 0.406 e. The van der Waals surface area contributed by atoms with Gasteiger partial charge in [0.2, 0.25) is 0 Å². The summed E-state index contributed by atoms with van der Waals surface area (Å²) in [6.45, 7) is 0. The van der Waals surface area contributed by atoms with Gasteiger partial charge in [-0.1, -0.05) is 30.3 Å². The van der Waals surface area contributed by atoms with Crippen LogP contribution in [0.1, 0.15) is 54.5 Å². The number of Topliss-reactive ketones (excluding diaryl/α,β-unsaturated/α-hetero) is 2. The molecule has 2 aromatic carbocycles. The Morgan fingerprint density at radius 3 is 2.11 bits per heavy atom. The van der Waals surface area contributed by atoms with E-state index in [-0.39, 0.29) is 39.3 Å². The first kappa shape index (κ1) is 23.6. The first-order valence-corrected chi connectivity index (χ1v) is 11.4. The molecular weight excluding hydrogens is 503 g/mol. The van der Waals surface area contributed by atoms with Crippen molar-refractivity contribution in [2.75, 3.05) is 4.90 Å². The molecule has 1 unspecified atom stereocenters. The molecule has 0 fully saturated rings. The number of carbonyl (C=O) groups is 3. The molecule has 6 rings (SSSR count). The number of ketones is 2. The number of hydrogen-bond donors (Lipinski definition) is 2. The number of halogens is 3. The fourth-order valence-electron chi connectivity index (χ4n) is 4.98. The largest absolute Gasteiger partial charge is 0.573 e. The fourth-order valence-corrected chi connectivity index (χ4v) is 4.98. The van der Waals surface area contributed by atoms with Gasteiger partial charge in [-0.25, -0.2) is 0 Å². The van der Waals surface area contributed by atoms with E-state index in [0.717, 1.165) is 17.0 Å². The van der Waals surface area contributed by atoms with Crippen LogP contribution in [0.15, 0.2) is 72.9 Å². The molecule has 1 atom stereocenters. The molecule has 4 aromatic rings. The number of rotatable bonds is 4. The number of ether oxygens (including phenoxy) is 1. The number of aliphatic hydroxyl groups is 1. The van der Waals surface area contributed by atoms with Gasteiger partial charge in [0.15, 0.2) is 17.8 Å². The summed E-state index contributed by atoms with van der Waals surface area (Å²) < 4.78 is 41.6. The van der Waals surface area contributed by atoms with Crippen LogP contribution >= 0.6 is 0 Å². The molecule has 1 amide bonds. The molecule has 38 heavy (non-hydrogen) atoms. The van der Waals surface area contributed by atoms with Gasteiger partial charge in [-0.2, -0.15) is 0 Å². The number of aromatic amines is 1. The highest BCUT2D eigenvalue weighted by Gasteiger charge is 2.49. The van der Waals surface area contributed by atoms with Crippen molar-refractivity contribution in [1.29, 1.82) is 0 Å². The van der Waals surface area contributed by atoms with Gasteiger partial charge in [0.1, 0.15) is 11.7 Å². The second-order valence-electron chi connectivity index (χ2n) is 8.71. The molecule has 2 aliphatic rings. The Bertz CT molecular complexity index is 1580. The van der Waals surface area contributed by atoms with Crippen molar-refractivity contribution < 1.29 is 37.4 Å². The number of pyridine rings is 1. The number of anilines is 1. The van der Waals surface area contributed by atoms with Gasteiger partial charge in [-0.3, -0.25) is 24.3 Å². The number of alkyl halides is 3. The summed E-state index contributed by atoms with van der Waals surface area (Å²) in [5, 5.41) is 11.3. The molecule has 0 spiro atoms. The number of nitrogens with one attached hydrogen (secondary N) is 1. The van der Waals surface area contributed by atoms with E-state index in [1.54, 1.807) is 30.3 Å². The minimum absolute atomic E-state index is 0.0235. The average Bonchev–Trinajstić information content (AvgIpc) is 3.49. The number of fused-ring (bicyclic) bond motifs is 2. The summed E-state index contributed by atoms with van der Waals surface area (Å²) in [7, 11) is 0. The maximum absolute atomic E-state index is 13.7. The van der Waals surface area contributed by atoms with Crippen molar-refractivity contribution in [1.82, 2.24) is 9.97 Å². The maximum atomic E-state index is 13.7. The number of H-pyrrole nitrogens is 1. The fraction of sp³-hybridized carbons (Fsp3) is 0.111. The summed E-state index contributed by atoms with van der Waals surface area (Å²) in [5.74, 6) is -3.55. The van der Waals surface area contributed by atoms with Gasteiger partial charge in [0, 0.05) is 34.3 Å². The number of aliphatic hydroxyl groups excluding tert-OH is 1. The van der Waals surface area contributed by atoms with E-state index in [9.17, 15) is 32.7 Å². The van der Waals surface area contributed by atoms with Gasteiger partial charge >= 0.3 is 6.36 Å². The number of hydrogen-bond acceptors (Lipinski definition) is 6. The topological polar surface area (TPSA) is 113 Å². The van der Waals surface area contributed by atoms with Gasteiger partial charge in [0.25, 0.3) is 5.91 Å². The van der Waals surface area contributed by atoms with E-state index in [4.69, 9.17) is 0 Å². The molecule has 0 bridgehead atoms. The Morgan fingerprint density at radius 1 is 0.895 bits per heavy atom. The van der Waals surface area contributed by atoms with Crippen molar-refractivity contribution in [3.05, 3.63) is 101 Å². The zero-order valence-electron chi connectivity index (χ0n) is 19.2. The average molecular weight is 519 g/mol. The van der Waals surface area contributed by atoms with Gasteiger partial charge in [-0.05, 0) is 36.4 Å². The van der Waals surface area contributed by atoms with E-state index in [1.165, 1.54) is 30.5 Å². The highest BCUT2D eigenvalue weighted by molar-refractivity contribution is 6.30. The first-order valence-electron chi connectivity index (χ1n) is 11.4. The molecule has 3 heterocycles.